The Morgan fingerprint density at radius 3 is 2.11 bits per heavy atom. The van der Waals surface area contributed by atoms with Crippen LogP contribution >= 0.6 is 0 Å². The third kappa shape index (κ3) is 3.25. The van der Waals surface area contributed by atoms with E-state index in [1.165, 1.54) is 6.42 Å². The van der Waals surface area contributed by atoms with Gasteiger partial charge in [0.15, 0.2) is 5.60 Å². The van der Waals surface area contributed by atoms with Gasteiger partial charge in [-0.05, 0) is 38.0 Å². The van der Waals surface area contributed by atoms with Crippen LogP contribution in [0.25, 0.3) is 0 Å². The molecular formula is C15H28O3. The lowest BCUT2D eigenvalue weighted by atomic mass is 9.61. The van der Waals surface area contributed by atoms with Crippen molar-refractivity contribution in [1.29, 1.82) is 0 Å². The first kappa shape index (κ1) is 15.5. The van der Waals surface area contributed by atoms with Crippen LogP contribution in [0, 0.1) is 17.3 Å². The maximum Gasteiger partial charge on any atom is 0.338 e. The Kier molecular flexibility index (Phi) is 4.82. The highest BCUT2D eigenvalue weighted by Crippen LogP contribution is 2.46. The van der Waals surface area contributed by atoms with Gasteiger partial charge in [-0.1, -0.05) is 33.6 Å². The average molecular weight is 256 g/mol. The molecule has 0 aliphatic heterocycles. The smallest absolute Gasteiger partial charge is 0.338 e. The lowest BCUT2D eigenvalue weighted by molar-refractivity contribution is -0.175. The highest BCUT2D eigenvalue weighted by Gasteiger charge is 2.48. The van der Waals surface area contributed by atoms with Crippen LogP contribution in [-0.2, 0) is 9.53 Å². The van der Waals surface area contributed by atoms with Crippen LogP contribution in [0.5, 0.6) is 0 Å². The third-order valence-corrected chi connectivity index (χ3v) is 4.29. The second kappa shape index (κ2) is 5.60. The summed E-state index contributed by atoms with van der Waals surface area (Å²) in [6.07, 6.45) is 4.28. The fourth-order valence-corrected chi connectivity index (χ4v) is 3.27. The molecule has 3 heteroatoms. The Morgan fingerprint density at radius 1 is 1.17 bits per heavy atom. The normalized spacial score (nSPS) is 28.6. The molecule has 0 bridgehead atoms. The predicted molar refractivity (Wildman–Crippen MR) is 72.2 cm³/mol. The van der Waals surface area contributed by atoms with Crippen molar-refractivity contribution in [2.45, 2.75) is 65.9 Å². The molecule has 106 valence electrons. The molecule has 1 rings (SSSR count). The minimum atomic E-state index is -1.35. The van der Waals surface area contributed by atoms with Crippen molar-refractivity contribution in [2.75, 3.05) is 6.61 Å². The van der Waals surface area contributed by atoms with Crippen molar-refractivity contribution in [3.8, 4) is 0 Å². The molecule has 0 aromatic rings. The van der Waals surface area contributed by atoms with E-state index in [1.807, 2.05) is 0 Å². The second-order valence-corrected chi connectivity index (χ2v) is 6.73. The molecule has 3 atom stereocenters. The molecule has 0 spiro atoms. The quantitative estimate of drug-likeness (QED) is 0.789. The Morgan fingerprint density at radius 2 is 1.67 bits per heavy atom. The molecule has 18 heavy (non-hydrogen) atoms. The molecule has 3 nitrogen and oxygen atoms in total. The topological polar surface area (TPSA) is 46.5 Å². The first-order valence-corrected chi connectivity index (χ1v) is 7.10. The Hall–Kier alpha value is -0.570. The average Bonchev–Trinajstić information content (AvgIpc) is 2.28. The van der Waals surface area contributed by atoms with E-state index in [1.54, 1.807) is 13.8 Å². The number of carbonyl (C=O) groups excluding carboxylic acids is 1. The highest BCUT2D eigenvalue weighted by molar-refractivity contribution is 5.79. The lowest BCUT2D eigenvalue weighted by Gasteiger charge is -2.45. The molecule has 1 fully saturated rings. The fourth-order valence-electron chi connectivity index (χ4n) is 3.27. The molecule has 1 saturated carbocycles. The molecule has 0 aromatic heterocycles. The van der Waals surface area contributed by atoms with Gasteiger partial charge >= 0.3 is 5.97 Å². The Labute approximate surface area is 111 Å². The fraction of sp³-hybridized carbons (Fsp3) is 0.933. The van der Waals surface area contributed by atoms with Gasteiger partial charge in [-0.3, -0.25) is 0 Å². The maximum absolute atomic E-state index is 12.0. The number of aliphatic hydroxyl groups is 1. The predicted octanol–water partition coefficient (Wildman–Crippen LogP) is 3.15. The van der Waals surface area contributed by atoms with Gasteiger partial charge in [0.1, 0.15) is 0 Å². The monoisotopic (exact) mass is 256 g/mol. The Bertz CT molecular complexity index is 289. The summed E-state index contributed by atoms with van der Waals surface area (Å²) < 4.78 is 5.03. The number of hydrogen-bond donors (Lipinski definition) is 1. The summed E-state index contributed by atoms with van der Waals surface area (Å²) in [7, 11) is 0. The SMILES string of the molecule is CCOC(=O)C(C)(O)C1CCCCC1C(C)(C)C. The summed E-state index contributed by atoms with van der Waals surface area (Å²) in [5, 5.41) is 10.6. The van der Waals surface area contributed by atoms with Crippen molar-refractivity contribution < 1.29 is 14.6 Å². The first-order valence-electron chi connectivity index (χ1n) is 7.10. The molecular weight excluding hydrogens is 228 g/mol. The van der Waals surface area contributed by atoms with Gasteiger partial charge in [0, 0.05) is 5.92 Å². The van der Waals surface area contributed by atoms with Crippen molar-refractivity contribution in [2.24, 2.45) is 17.3 Å². The van der Waals surface area contributed by atoms with E-state index in [9.17, 15) is 9.90 Å². The van der Waals surface area contributed by atoms with E-state index in [4.69, 9.17) is 4.74 Å². The molecule has 1 aliphatic rings. The minimum absolute atomic E-state index is 0.00491. The van der Waals surface area contributed by atoms with Crippen LogP contribution in [0.15, 0.2) is 0 Å². The molecule has 0 radical (unpaired) electrons. The van der Waals surface area contributed by atoms with Gasteiger partial charge in [0.25, 0.3) is 0 Å². The molecule has 0 amide bonds. The van der Waals surface area contributed by atoms with Crippen LogP contribution in [0.2, 0.25) is 0 Å². The van der Waals surface area contributed by atoms with Gasteiger partial charge < -0.3 is 9.84 Å². The van der Waals surface area contributed by atoms with E-state index >= 15 is 0 Å². The largest absolute Gasteiger partial charge is 0.464 e. The first-order chi connectivity index (χ1) is 8.21. The molecule has 0 aromatic carbocycles. The standard InChI is InChI=1S/C15H28O3/c1-6-18-13(16)15(5,17)12-10-8-7-9-11(12)14(2,3)4/h11-12,17H,6-10H2,1-5H3. The van der Waals surface area contributed by atoms with Gasteiger partial charge in [0.05, 0.1) is 6.61 Å². The van der Waals surface area contributed by atoms with Crippen LogP contribution in [0.4, 0.5) is 0 Å². The van der Waals surface area contributed by atoms with Gasteiger partial charge in [-0.25, -0.2) is 4.79 Å². The van der Waals surface area contributed by atoms with Crippen molar-refractivity contribution in [3.63, 3.8) is 0 Å². The summed E-state index contributed by atoms with van der Waals surface area (Å²) in [5.41, 5.74) is -1.24. The third-order valence-electron chi connectivity index (χ3n) is 4.29. The molecule has 3 unspecified atom stereocenters. The summed E-state index contributed by atoms with van der Waals surface area (Å²) in [6, 6.07) is 0. The highest BCUT2D eigenvalue weighted by atomic mass is 16.5. The van der Waals surface area contributed by atoms with Crippen molar-refractivity contribution >= 4 is 5.97 Å². The number of carbonyl (C=O) groups is 1. The van der Waals surface area contributed by atoms with E-state index in [2.05, 4.69) is 20.8 Å². The van der Waals surface area contributed by atoms with E-state index < -0.39 is 11.6 Å². The summed E-state index contributed by atoms with van der Waals surface area (Å²) >= 11 is 0. The number of hydrogen-bond acceptors (Lipinski definition) is 3. The zero-order chi connectivity index (χ0) is 14.0. The zero-order valence-corrected chi connectivity index (χ0v) is 12.5. The zero-order valence-electron chi connectivity index (χ0n) is 12.5. The molecule has 1 N–H and O–H groups in total. The molecule has 1 aliphatic carbocycles. The maximum atomic E-state index is 12.0. The molecule has 0 heterocycles. The van der Waals surface area contributed by atoms with Gasteiger partial charge in [-0.15, -0.1) is 0 Å². The lowest BCUT2D eigenvalue weighted by Crippen LogP contribution is -2.51. The summed E-state index contributed by atoms with van der Waals surface area (Å²) in [4.78, 5) is 12.0. The van der Waals surface area contributed by atoms with Crippen LogP contribution < -0.4 is 0 Å². The van der Waals surface area contributed by atoms with E-state index in [0.29, 0.717) is 12.5 Å². The van der Waals surface area contributed by atoms with Gasteiger partial charge in [0.2, 0.25) is 0 Å². The number of rotatable bonds is 3. The minimum Gasteiger partial charge on any atom is -0.464 e. The Balaban J connectivity index is 2.92. The van der Waals surface area contributed by atoms with Gasteiger partial charge in [-0.2, -0.15) is 0 Å². The van der Waals surface area contributed by atoms with Crippen LogP contribution in [-0.4, -0.2) is 23.3 Å². The van der Waals surface area contributed by atoms with E-state index in [-0.39, 0.29) is 11.3 Å². The number of esters is 1. The molecule has 0 saturated heterocycles. The second-order valence-electron chi connectivity index (χ2n) is 6.73. The number of ether oxygens (including phenoxy) is 1. The van der Waals surface area contributed by atoms with Crippen LogP contribution in [0.3, 0.4) is 0 Å². The van der Waals surface area contributed by atoms with Crippen LogP contribution in [0.1, 0.15) is 60.3 Å². The van der Waals surface area contributed by atoms with Crippen molar-refractivity contribution in [3.05, 3.63) is 0 Å². The summed E-state index contributed by atoms with van der Waals surface area (Å²) in [6.45, 7) is 10.3. The van der Waals surface area contributed by atoms with Crippen molar-refractivity contribution in [1.82, 2.24) is 0 Å². The van der Waals surface area contributed by atoms with E-state index in [0.717, 1.165) is 19.3 Å². The summed E-state index contributed by atoms with van der Waals surface area (Å²) in [5.74, 6) is -0.0953.